The van der Waals surface area contributed by atoms with Crippen LogP contribution in [0.4, 0.5) is 13.2 Å². The minimum atomic E-state index is -4.49. The van der Waals surface area contributed by atoms with Gasteiger partial charge in [0.25, 0.3) is 0 Å². The second kappa shape index (κ2) is 6.34. The van der Waals surface area contributed by atoms with Crippen LogP contribution in [0.3, 0.4) is 0 Å². The van der Waals surface area contributed by atoms with E-state index in [0.29, 0.717) is 0 Å². The predicted octanol–water partition coefficient (Wildman–Crippen LogP) is 4.85. The predicted molar refractivity (Wildman–Crippen MR) is 79.5 cm³/mol. The number of benzene rings is 2. The van der Waals surface area contributed by atoms with Crippen molar-refractivity contribution in [3.8, 4) is 5.75 Å². The average molecular weight is 343 g/mol. The number of aliphatic hydroxyl groups excluding tert-OH is 1. The Morgan fingerprint density at radius 2 is 1.70 bits per heavy atom. The van der Waals surface area contributed by atoms with Crippen molar-refractivity contribution in [2.75, 3.05) is 0 Å². The summed E-state index contributed by atoms with van der Waals surface area (Å²) in [6.45, 7) is 0. The van der Waals surface area contributed by atoms with Gasteiger partial charge in [0, 0.05) is 16.7 Å². The molecule has 0 saturated carbocycles. The van der Waals surface area contributed by atoms with Gasteiger partial charge in [-0.15, -0.1) is 0 Å². The van der Waals surface area contributed by atoms with Crippen LogP contribution in [0.1, 0.15) is 21.5 Å². The summed E-state index contributed by atoms with van der Waals surface area (Å²) in [5.74, 6) is -1.58. The van der Waals surface area contributed by atoms with Gasteiger partial charge in [-0.3, -0.25) is 4.79 Å². The van der Waals surface area contributed by atoms with E-state index in [2.05, 4.69) is 0 Å². The second-order valence-corrected chi connectivity index (χ2v) is 5.07. The van der Waals surface area contributed by atoms with Gasteiger partial charge in [0.05, 0.1) is 11.1 Å². The topological polar surface area (TPSA) is 57.5 Å². The van der Waals surface area contributed by atoms with E-state index in [4.69, 9.17) is 11.6 Å². The Morgan fingerprint density at radius 1 is 1.09 bits per heavy atom. The fraction of sp³-hybridized carbons (Fsp3) is 0.0625. The number of rotatable bonds is 3. The molecule has 0 radical (unpaired) electrons. The maximum Gasteiger partial charge on any atom is 0.416 e. The van der Waals surface area contributed by atoms with Crippen LogP contribution in [0.5, 0.6) is 5.75 Å². The van der Waals surface area contributed by atoms with Crippen LogP contribution < -0.4 is 0 Å². The van der Waals surface area contributed by atoms with Crippen LogP contribution in [-0.4, -0.2) is 16.0 Å². The minimum absolute atomic E-state index is 0.0351. The Labute approximate surface area is 134 Å². The minimum Gasteiger partial charge on any atom is -0.507 e. The van der Waals surface area contributed by atoms with Gasteiger partial charge in [0.1, 0.15) is 11.5 Å². The van der Waals surface area contributed by atoms with Gasteiger partial charge >= 0.3 is 6.18 Å². The highest BCUT2D eigenvalue weighted by Gasteiger charge is 2.30. The molecule has 3 nitrogen and oxygen atoms in total. The van der Waals surface area contributed by atoms with Gasteiger partial charge < -0.3 is 10.2 Å². The van der Waals surface area contributed by atoms with Crippen molar-refractivity contribution in [2.24, 2.45) is 0 Å². The lowest BCUT2D eigenvalue weighted by Gasteiger charge is -2.07. The highest BCUT2D eigenvalue weighted by Crippen LogP contribution is 2.30. The largest absolute Gasteiger partial charge is 0.507 e. The molecule has 0 atom stereocenters. The molecule has 0 heterocycles. The maximum absolute atomic E-state index is 12.5. The quantitative estimate of drug-likeness (QED) is 0.476. The summed E-state index contributed by atoms with van der Waals surface area (Å²) in [6.07, 6.45) is -3.69. The van der Waals surface area contributed by atoms with Crippen LogP contribution in [0.25, 0.3) is 5.76 Å². The average Bonchev–Trinajstić information content (AvgIpc) is 2.48. The Kier molecular flexibility index (Phi) is 4.65. The molecule has 0 aromatic heterocycles. The highest BCUT2D eigenvalue weighted by molar-refractivity contribution is 6.31. The fourth-order valence-electron chi connectivity index (χ4n) is 1.82. The number of aliphatic hydroxyl groups is 1. The van der Waals surface area contributed by atoms with E-state index in [-0.39, 0.29) is 21.9 Å². The van der Waals surface area contributed by atoms with E-state index in [1.54, 1.807) is 0 Å². The molecule has 0 fully saturated rings. The lowest BCUT2D eigenvalue weighted by atomic mass is 10.1. The fourth-order valence-corrected chi connectivity index (χ4v) is 1.99. The number of hydrogen-bond acceptors (Lipinski definition) is 3. The Hall–Kier alpha value is -2.47. The Bertz CT molecular complexity index is 765. The molecule has 0 bridgehead atoms. The summed E-state index contributed by atoms with van der Waals surface area (Å²) in [4.78, 5) is 12.0. The van der Waals surface area contributed by atoms with Gasteiger partial charge in [0.2, 0.25) is 0 Å². The zero-order chi connectivity index (χ0) is 17.2. The number of carbonyl (C=O) groups is 1. The van der Waals surface area contributed by atoms with E-state index >= 15 is 0 Å². The zero-order valence-corrected chi connectivity index (χ0v) is 12.2. The molecule has 0 aliphatic heterocycles. The highest BCUT2D eigenvalue weighted by atomic mass is 35.5. The van der Waals surface area contributed by atoms with Gasteiger partial charge in [-0.1, -0.05) is 23.7 Å². The SMILES string of the molecule is O=C(/C=C(\O)c1ccc(C(F)(F)F)cc1)c1cc(Cl)ccc1O. The smallest absolute Gasteiger partial charge is 0.416 e. The molecule has 0 aliphatic rings. The second-order valence-electron chi connectivity index (χ2n) is 4.63. The van der Waals surface area contributed by atoms with Crippen LogP contribution in [0.2, 0.25) is 5.02 Å². The molecule has 2 rings (SSSR count). The third-order valence-electron chi connectivity index (χ3n) is 3.00. The molecule has 0 amide bonds. The molecule has 2 N–H and O–H groups in total. The molecule has 2 aromatic rings. The Morgan fingerprint density at radius 3 is 2.26 bits per heavy atom. The first kappa shape index (κ1) is 16.9. The molecule has 0 saturated heterocycles. The first-order chi connectivity index (χ1) is 10.7. The van der Waals surface area contributed by atoms with E-state index in [9.17, 15) is 28.2 Å². The van der Waals surface area contributed by atoms with Gasteiger partial charge in [0.15, 0.2) is 5.78 Å². The zero-order valence-electron chi connectivity index (χ0n) is 11.4. The summed E-state index contributed by atoms with van der Waals surface area (Å²) < 4.78 is 37.4. The number of allylic oxidation sites excluding steroid dienone is 1. The summed E-state index contributed by atoms with van der Waals surface area (Å²) in [5, 5.41) is 19.7. The van der Waals surface area contributed by atoms with E-state index in [1.165, 1.54) is 18.2 Å². The maximum atomic E-state index is 12.5. The third kappa shape index (κ3) is 4.04. The summed E-state index contributed by atoms with van der Waals surface area (Å²) in [5.41, 5.74) is -0.961. The first-order valence-electron chi connectivity index (χ1n) is 6.29. The number of ketones is 1. The van der Waals surface area contributed by atoms with E-state index in [0.717, 1.165) is 30.3 Å². The van der Waals surface area contributed by atoms with Crippen molar-refractivity contribution in [1.82, 2.24) is 0 Å². The van der Waals surface area contributed by atoms with E-state index < -0.39 is 23.3 Å². The van der Waals surface area contributed by atoms with Crippen molar-refractivity contribution >= 4 is 23.1 Å². The summed E-state index contributed by atoms with van der Waals surface area (Å²) >= 11 is 5.72. The van der Waals surface area contributed by atoms with Crippen molar-refractivity contribution in [3.05, 3.63) is 70.3 Å². The van der Waals surface area contributed by atoms with Crippen molar-refractivity contribution in [3.63, 3.8) is 0 Å². The number of alkyl halides is 3. The third-order valence-corrected chi connectivity index (χ3v) is 3.23. The van der Waals surface area contributed by atoms with Crippen LogP contribution in [0, 0.1) is 0 Å². The molecular formula is C16H10ClF3O3. The van der Waals surface area contributed by atoms with Crippen LogP contribution >= 0.6 is 11.6 Å². The lowest BCUT2D eigenvalue weighted by molar-refractivity contribution is -0.137. The molecule has 120 valence electrons. The van der Waals surface area contributed by atoms with Crippen LogP contribution in [0.15, 0.2) is 48.5 Å². The molecule has 0 spiro atoms. The normalized spacial score (nSPS) is 12.3. The number of phenols is 1. The number of hydrogen-bond donors (Lipinski definition) is 2. The number of halogens is 4. The summed E-state index contributed by atoms with van der Waals surface area (Å²) in [7, 11) is 0. The van der Waals surface area contributed by atoms with Gasteiger partial charge in [-0.2, -0.15) is 13.2 Å². The van der Waals surface area contributed by atoms with Crippen molar-refractivity contribution in [2.45, 2.75) is 6.18 Å². The van der Waals surface area contributed by atoms with Crippen molar-refractivity contribution < 1.29 is 28.2 Å². The molecule has 2 aromatic carbocycles. The van der Waals surface area contributed by atoms with Crippen molar-refractivity contribution in [1.29, 1.82) is 0 Å². The van der Waals surface area contributed by atoms with Gasteiger partial charge in [-0.05, 0) is 30.3 Å². The van der Waals surface area contributed by atoms with Gasteiger partial charge in [-0.25, -0.2) is 0 Å². The molecule has 0 aliphatic carbocycles. The molecule has 23 heavy (non-hydrogen) atoms. The standard InChI is InChI=1S/C16H10ClF3O3/c17-11-5-6-13(21)12(7-11)15(23)8-14(22)9-1-3-10(4-2-9)16(18,19)20/h1-8,21-22H/b14-8-. The molecular weight excluding hydrogens is 333 g/mol. The number of phenolic OH excluding ortho intramolecular Hbond substituents is 1. The Balaban J connectivity index is 2.28. The van der Waals surface area contributed by atoms with E-state index in [1.807, 2.05) is 0 Å². The number of aromatic hydroxyl groups is 1. The molecule has 0 unspecified atom stereocenters. The first-order valence-corrected chi connectivity index (χ1v) is 6.67. The number of carbonyl (C=O) groups excluding carboxylic acids is 1. The lowest BCUT2D eigenvalue weighted by Crippen LogP contribution is -2.04. The van der Waals surface area contributed by atoms with Crippen LogP contribution in [-0.2, 0) is 6.18 Å². The monoisotopic (exact) mass is 342 g/mol. The summed E-state index contributed by atoms with van der Waals surface area (Å²) in [6, 6.07) is 7.49. The molecule has 7 heteroatoms.